The highest BCUT2D eigenvalue weighted by atomic mass is 35.5. The number of anilines is 2. The third kappa shape index (κ3) is 5.22. The van der Waals surface area contributed by atoms with Gasteiger partial charge in [-0.1, -0.05) is 23.7 Å². The Morgan fingerprint density at radius 1 is 1.27 bits per heavy atom. The van der Waals surface area contributed by atoms with Crippen LogP contribution in [-0.4, -0.2) is 27.1 Å². The minimum Gasteiger partial charge on any atom is -0.326 e. The molecule has 0 aliphatic rings. The van der Waals surface area contributed by atoms with Crippen molar-refractivity contribution in [3.63, 3.8) is 0 Å². The molecule has 0 unspecified atom stereocenters. The third-order valence-electron chi connectivity index (χ3n) is 3.66. The minimum atomic E-state index is -3.58. The van der Waals surface area contributed by atoms with Gasteiger partial charge in [-0.05, 0) is 42.8 Å². The average molecular weight is 392 g/mol. The maximum atomic E-state index is 12.2. The lowest BCUT2D eigenvalue weighted by atomic mass is 10.2. The van der Waals surface area contributed by atoms with Crippen LogP contribution in [0.15, 0.2) is 42.5 Å². The zero-order valence-electron chi connectivity index (χ0n) is 14.4. The number of nitrogens with zero attached hydrogens (tertiary/aromatic N) is 2. The van der Waals surface area contributed by atoms with E-state index in [2.05, 4.69) is 5.32 Å². The SMILES string of the molecule is Cc1ccc(N(CCC(=O)Nc2cccc(C#N)c2)S(C)(=O)=O)cc1Cl. The number of hydrogen-bond acceptors (Lipinski definition) is 4. The zero-order valence-corrected chi connectivity index (χ0v) is 15.9. The first-order valence-electron chi connectivity index (χ1n) is 7.74. The largest absolute Gasteiger partial charge is 0.326 e. The summed E-state index contributed by atoms with van der Waals surface area (Å²) in [6.07, 6.45) is 1.03. The van der Waals surface area contributed by atoms with E-state index >= 15 is 0 Å². The van der Waals surface area contributed by atoms with Gasteiger partial charge >= 0.3 is 0 Å². The number of carbonyl (C=O) groups excluding carboxylic acids is 1. The lowest BCUT2D eigenvalue weighted by molar-refractivity contribution is -0.116. The van der Waals surface area contributed by atoms with Crippen molar-refractivity contribution in [3.8, 4) is 6.07 Å². The van der Waals surface area contributed by atoms with Gasteiger partial charge in [-0.2, -0.15) is 5.26 Å². The van der Waals surface area contributed by atoms with Crippen LogP contribution in [0, 0.1) is 18.3 Å². The third-order valence-corrected chi connectivity index (χ3v) is 5.26. The van der Waals surface area contributed by atoms with E-state index in [1.807, 2.05) is 13.0 Å². The Labute approximate surface area is 158 Å². The molecular weight excluding hydrogens is 374 g/mol. The van der Waals surface area contributed by atoms with E-state index in [0.29, 0.717) is 22.0 Å². The van der Waals surface area contributed by atoms with Crippen LogP contribution < -0.4 is 9.62 Å². The van der Waals surface area contributed by atoms with Crippen LogP contribution in [0.5, 0.6) is 0 Å². The molecule has 0 saturated heterocycles. The number of hydrogen-bond donors (Lipinski definition) is 1. The van der Waals surface area contributed by atoms with Crippen molar-refractivity contribution >= 4 is 38.9 Å². The summed E-state index contributed by atoms with van der Waals surface area (Å²) in [7, 11) is -3.58. The van der Waals surface area contributed by atoms with Crippen molar-refractivity contribution < 1.29 is 13.2 Å². The van der Waals surface area contributed by atoms with Crippen LogP contribution in [0.25, 0.3) is 0 Å². The van der Waals surface area contributed by atoms with Crippen LogP contribution >= 0.6 is 11.6 Å². The maximum Gasteiger partial charge on any atom is 0.232 e. The molecule has 0 aliphatic carbocycles. The van der Waals surface area contributed by atoms with Crippen molar-refractivity contribution in [1.82, 2.24) is 0 Å². The van der Waals surface area contributed by atoms with Crippen molar-refractivity contribution in [2.24, 2.45) is 0 Å². The van der Waals surface area contributed by atoms with Gasteiger partial charge in [0.2, 0.25) is 15.9 Å². The standard InChI is InChI=1S/C18H18ClN3O3S/c1-13-6-7-16(11-17(13)19)22(26(2,24)25)9-8-18(23)21-15-5-3-4-14(10-15)12-20/h3-7,10-11H,8-9H2,1-2H3,(H,21,23). The van der Waals surface area contributed by atoms with E-state index < -0.39 is 10.0 Å². The molecule has 0 atom stereocenters. The number of nitrogens with one attached hydrogen (secondary N) is 1. The lowest BCUT2D eigenvalue weighted by Gasteiger charge is -2.22. The molecule has 2 aromatic rings. The fraction of sp³-hybridized carbons (Fsp3) is 0.222. The van der Waals surface area contributed by atoms with Crippen LogP contribution in [0.2, 0.25) is 5.02 Å². The molecule has 6 nitrogen and oxygen atoms in total. The summed E-state index contributed by atoms with van der Waals surface area (Å²) < 4.78 is 25.3. The molecule has 1 amide bonds. The summed E-state index contributed by atoms with van der Waals surface area (Å²) in [5.41, 5.74) is 2.15. The van der Waals surface area contributed by atoms with Gasteiger partial charge in [0, 0.05) is 23.7 Å². The number of nitriles is 1. The predicted octanol–water partition coefficient (Wildman–Crippen LogP) is 3.31. The summed E-state index contributed by atoms with van der Waals surface area (Å²) in [6.45, 7) is 1.79. The number of rotatable bonds is 6. The smallest absolute Gasteiger partial charge is 0.232 e. The van der Waals surface area contributed by atoms with Gasteiger partial charge in [0.1, 0.15) is 0 Å². The second kappa shape index (κ2) is 8.21. The van der Waals surface area contributed by atoms with Gasteiger partial charge in [-0.15, -0.1) is 0 Å². The van der Waals surface area contributed by atoms with Crippen LogP contribution in [0.1, 0.15) is 17.5 Å². The van der Waals surface area contributed by atoms with E-state index in [-0.39, 0.29) is 18.9 Å². The van der Waals surface area contributed by atoms with Gasteiger partial charge in [0.05, 0.1) is 23.6 Å². The highest BCUT2D eigenvalue weighted by Gasteiger charge is 2.19. The molecule has 0 saturated carbocycles. The Bertz CT molecular complexity index is 968. The van der Waals surface area contributed by atoms with Crippen LogP contribution in [0.4, 0.5) is 11.4 Å². The molecule has 0 heterocycles. The van der Waals surface area contributed by atoms with Crippen molar-refractivity contribution in [2.75, 3.05) is 22.4 Å². The summed E-state index contributed by atoms with van der Waals surface area (Å²) >= 11 is 6.08. The van der Waals surface area contributed by atoms with E-state index in [0.717, 1.165) is 16.1 Å². The fourth-order valence-electron chi connectivity index (χ4n) is 2.32. The molecule has 1 N–H and O–H groups in total. The quantitative estimate of drug-likeness (QED) is 0.817. The van der Waals surface area contributed by atoms with Crippen molar-refractivity contribution in [1.29, 1.82) is 5.26 Å². The molecule has 8 heteroatoms. The highest BCUT2D eigenvalue weighted by molar-refractivity contribution is 7.92. The van der Waals surface area contributed by atoms with E-state index in [1.54, 1.807) is 42.5 Å². The van der Waals surface area contributed by atoms with E-state index in [1.165, 1.54) is 0 Å². The van der Waals surface area contributed by atoms with Gasteiger partial charge in [-0.3, -0.25) is 9.10 Å². The van der Waals surface area contributed by atoms with E-state index in [9.17, 15) is 13.2 Å². The Morgan fingerprint density at radius 2 is 2.00 bits per heavy atom. The maximum absolute atomic E-state index is 12.2. The lowest BCUT2D eigenvalue weighted by Crippen LogP contribution is -2.33. The Morgan fingerprint density at radius 3 is 2.62 bits per heavy atom. The topological polar surface area (TPSA) is 90.3 Å². The number of carbonyl (C=O) groups is 1. The minimum absolute atomic E-state index is 0.0258. The zero-order chi connectivity index (χ0) is 19.3. The van der Waals surface area contributed by atoms with Gasteiger partial charge in [-0.25, -0.2) is 8.42 Å². The van der Waals surface area contributed by atoms with Gasteiger partial charge in [0.25, 0.3) is 0 Å². The Kier molecular flexibility index (Phi) is 6.24. The highest BCUT2D eigenvalue weighted by Crippen LogP contribution is 2.25. The number of benzene rings is 2. The molecule has 0 radical (unpaired) electrons. The molecule has 2 rings (SSSR count). The number of halogens is 1. The predicted molar refractivity (Wildman–Crippen MR) is 103 cm³/mol. The summed E-state index contributed by atoms with van der Waals surface area (Å²) in [6, 6.07) is 13.4. The Balaban J connectivity index is 2.11. The molecular formula is C18H18ClN3O3S. The number of amides is 1. The molecule has 2 aromatic carbocycles. The monoisotopic (exact) mass is 391 g/mol. The normalized spacial score (nSPS) is 10.8. The first-order valence-corrected chi connectivity index (χ1v) is 9.97. The van der Waals surface area contributed by atoms with Gasteiger partial charge < -0.3 is 5.32 Å². The molecule has 26 heavy (non-hydrogen) atoms. The molecule has 0 bridgehead atoms. The number of sulfonamides is 1. The molecule has 0 aliphatic heterocycles. The van der Waals surface area contributed by atoms with Crippen molar-refractivity contribution in [3.05, 3.63) is 58.6 Å². The van der Waals surface area contributed by atoms with Gasteiger partial charge in [0.15, 0.2) is 0 Å². The summed E-state index contributed by atoms with van der Waals surface area (Å²) in [5.74, 6) is -0.355. The number of aryl methyl sites for hydroxylation is 1. The average Bonchev–Trinajstić information content (AvgIpc) is 2.57. The summed E-state index contributed by atoms with van der Waals surface area (Å²) in [4.78, 5) is 12.2. The fourth-order valence-corrected chi connectivity index (χ4v) is 3.41. The van der Waals surface area contributed by atoms with Crippen molar-refractivity contribution in [2.45, 2.75) is 13.3 Å². The molecule has 136 valence electrons. The molecule has 0 fully saturated rings. The van der Waals surface area contributed by atoms with Crippen LogP contribution in [-0.2, 0) is 14.8 Å². The Hall–Kier alpha value is -2.56. The first kappa shape index (κ1) is 19.8. The second-order valence-electron chi connectivity index (χ2n) is 5.76. The van der Waals surface area contributed by atoms with Crippen LogP contribution in [0.3, 0.4) is 0 Å². The second-order valence-corrected chi connectivity index (χ2v) is 8.07. The summed E-state index contributed by atoms with van der Waals surface area (Å²) in [5, 5.41) is 12.0. The van der Waals surface area contributed by atoms with E-state index in [4.69, 9.17) is 16.9 Å². The first-order chi connectivity index (χ1) is 12.2. The molecule has 0 spiro atoms. The molecule has 0 aromatic heterocycles.